The van der Waals surface area contributed by atoms with Gasteiger partial charge in [-0.15, -0.1) is 36.6 Å². The van der Waals surface area contributed by atoms with E-state index in [1.165, 1.54) is 12.5 Å². The van der Waals surface area contributed by atoms with Gasteiger partial charge in [0, 0.05) is 48.1 Å². The molecule has 0 saturated heterocycles. The van der Waals surface area contributed by atoms with Crippen molar-refractivity contribution in [1.82, 2.24) is 5.32 Å². The second-order valence-electron chi connectivity index (χ2n) is 8.52. The van der Waals surface area contributed by atoms with E-state index in [0.29, 0.717) is 5.69 Å². The molecule has 1 aliphatic rings. The third kappa shape index (κ3) is 8.65. The number of thioether (sulfide) groups is 1. The van der Waals surface area contributed by atoms with E-state index in [0.717, 1.165) is 46.3 Å². The van der Waals surface area contributed by atoms with E-state index < -0.39 is 0 Å². The number of nitrogens with zero attached hydrogens (tertiary/aromatic N) is 2. The van der Waals surface area contributed by atoms with Gasteiger partial charge < -0.3 is 15.5 Å². The molecule has 2 N–H and O–H groups in total. The summed E-state index contributed by atoms with van der Waals surface area (Å²) < 4.78 is 0. The summed E-state index contributed by atoms with van der Waals surface area (Å²) in [6.45, 7) is 2.91. The monoisotopic (exact) mass is 570 g/mol. The van der Waals surface area contributed by atoms with Crippen LogP contribution in [0, 0.1) is 0 Å². The van der Waals surface area contributed by atoms with Gasteiger partial charge in [-0.3, -0.25) is 14.6 Å². The summed E-state index contributed by atoms with van der Waals surface area (Å²) in [5.74, 6) is 0.330. The average molecular weight is 572 g/mol. The van der Waals surface area contributed by atoms with Crippen molar-refractivity contribution in [3.63, 3.8) is 0 Å². The number of benzodiazepines with no additional fused rings is 1. The van der Waals surface area contributed by atoms with Crippen LogP contribution in [0.15, 0.2) is 88.8 Å². The van der Waals surface area contributed by atoms with Crippen LogP contribution >= 0.6 is 36.6 Å². The molecule has 1 aliphatic heterocycles. The van der Waals surface area contributed by atoms with Crippen LogP contribution in [0.2, 0.25) is 0 Å². The first-order valence-corrected chi connectivity index (χ1v) is 12.9. The van der Waals surface area contributed by atoms with E-state index in [4.69, 9.17) is 4.99 Å². The number of hydrogen-bond acceptors (Lipinski definition) is 5. The van der Waals surface area contributed by atoms with Gasteiger partial charge in [0.25, 0.3) is 0 Å². The minimum atomic E-state index is -0.269. The smallest absolute Gasteiger partial charge is 0.243 e. The van der Waals surface area contributed by atoms with Crippen LogP contribution in [-0.2, 0) is 15.3 Å². The number of para-hydroxylation sites is 1. The Bertz CT molecular complexity index is 1300. The van der Waals surface area contributed by atoms with Gasteiger partial charge in [-0.1, -0.05) is 54.6 Å². The minimum absolute atomic E-state index is 0. The quantitative estimate of drug-likeness (QED) is 0.333. The molecule has 0 saturated carbocycles. The van der Waals surface area contributed by atoms with E-state index in [9.17, 15) is 9.59 Å². The number of nitrogens with one attached hydrogen (secondary N) is 2. The van der Waals surface area contributed by atoms with Crippen LogP contribution in [-0.4, -0.2) is 44.2 Å². The maximum Gasteiger partial charge on any atom is 0.243 e. The maximum absolute atomic E-state index is 12.3. The van der Waals surface area contributed by atoms with Crippen molar-refractivity contribution in [2.24, 2.45) is 4.99 Å². The highest BCUT2D eigenvalue weighted by Crippen LogP contribution is 2.30. The van der Waals surface area contributed by atoms with E-state index in [1.807, 2.05) is 48.5 Å². The predicted molar refractivity (Wildman–Crippen MR) is 164 cm³/mol. The second kappa shape index (κ2) is 15.2. The fraction of sp³-hybridized carbons (Fsp3) is 0.207. The second-order valence-corrected chi connectivity index (χ2v) is 9.54. The molecule has 0 bridgehead atoms. The Morgan fingerprint density at radius 3 is 2.50 bits per heavy atom. The number of likely N-dealkylation sites (N-methyl/N-ethyl adjacent to an activating group) is 1. The normalized spacial score (nSPS) is 12.4. The first kappa shape index (κ1) is 31.0. The van der Waals surface area contributed by atoms with Crippen molar-refractivity contribution >= 4 is 71.6 Å². The molecule has 38 heavy (non-hydrogen) atoms. The molecule has 6 nitrogen and oxygen atoms in total. The summed E-state index contributed by atoms with van der Waals surface area (Å²) in [6.07, 6.45) is 4.13. The number of hydrogen-bond donors (Lipinski definition) is 2. The van der Waals surface area contributed by atoms with Gasteiger partial charge in [0.2, 0.25) is 11.8 Å². The molecule has 0 fully saturated rings. The van der Waals surface area contributed by atoms with Gasteiger partial charge in [-0.2, -0.15) is 0 Å². The highest BCUT2D eigenvalue weighted by molar-refractivity contribution is 7.98. The molecule has 0 atom stereocenters. The molecule has 1 heterocycles. The molecule has 4 rings (SSSR count). The minimum Gasteiger partial charge on any atom is -0.372 e. The summed E-state index contributed by atoms with van der Waals surface area (Å²) in [5.41, 5.74) is 6.12. The van der Waals surface area contributed by atoms with E-state index >= 15 is 0 Å². The first-order chi connectivity index (χ1) is 17.5. The zero-order valence-electron chi connectivity index (χ0n) is 21.3. The number of halogens is 2. The molecule has 0 aromatic heterocycles. The zero-order valence-corrected chi connectivity index (χ0v) is 23.8. The predicted octanol–water partition coefficient (Wildman–Crippen LogP) is 5.85. The van der Waals surface area contributed by atoms with Crippen LogP contribution in [0.5, 0.6) is 0 Å². The Morgan fingerprint density at radius 1 is 1.00 bits per heavy atom. The van der Waals surface area contributed by atoms with E-state index in [2.05, 4.69) is 59.0 Å². The number of anilines is 2. The summed E-state index contributed by atoms with van der Waals surface area (Å²) in [4.78, 5) is 31.6. The van der Waals surface area contributed by atoms with Crippen LogP contribution < -0.4 is 15.5 Å². The van der Waals surface area contributed by atoms with E-state index in [-0.39, 0.29) is 43.2 Å². The number of benzene rings is 3. The SMILES string of the molecule is CC(=O)NCC(=O)Nc1ccc(SCc2ccccc2)c(/C=C/C2=NCCN(C)c3ccccc32)c1.Cl.Cl. The molecule has 0 aliphatic carbocycles. The molecule has 200 valence electrons. The van der Waals surface area contributed by atoms with E-state index in [1.54, 1.807) is 11.8 Å². The summed E-state index contributed by atoms with van der Waals surface area (Å²) in [7, 11) is 2.09. The molecule has 3 aromatic rings. The van der Waals surface area contributed by atoms with Gasteiger partial charge in [0.1, 0.15) is 0 Å². The third-order valence-electron chi connectivity index (χ3n) is 5.76. The molecule has 9 heteroatoms. The number of carbonyl (C=O) groups excluding carboxylic acids is 2. The standard InChI is InChI=1S/C29H30N4O2S.2ClH/c1-21(34)31-19-29(35)32-24-13-15-28(36-20-22-8-4-3-5-9-22)23(18-24)12-14-26-25-10-6-7-11-27(25)33(2)17-16-30-26;;/h3-15,18H,16-17,19-20H2,1-2H3,(H,31,34)(H,32,35);2*1H/b14-12+;;. The van der Waals surface area contributed by atoms with Crippen LogP contribution in [0.3, 0.4) is 0 Å². The molecular weight excluding hydrogens is 539 g/mol. The number of rotatable bonds is 8. The first-order valence-electron chi connectivity index (χ1n) is 11.9. The molecule has 0 unspecified atom stereocenters. The summed E-state index contributed by atoms with van der Waals surface area (Å²) in [5, 5.41) is 5.40. The number of fused-ring (bicyclic) bond motifs is 1. The van der Waals surface area contributed by atoms with Crippen LogP contribution in [0.1, 0.15) is 23.6 Å². The number of aliphatic imine (C=N–C) groups is 1. The highest BCUT2D eigenvalue weighted by Gasteiger charge is 2.14. The molecular formula is C29H32Cl2N4O2S. The Kier molecular flexibility index (Phi) is 12.4. The zero-order chi connectivity index (χ0) is 25.3. The third-order valence-corrected chi connectivity index (χ3v) is 6.92. The number of amides is 2. The number of allylic oxidation sites excluding steroid dienone is 1. The van der Waals surface area contributed by atoms with Gasteiger partial charge >= 0.3 is 0 Å². The Morgan fingerprint density at radius 2 is 1.74 bits per heavy atom. The van der Waals surface area contributed by atoms with Gasteiger partial charge in [-0.05, 0) is 41.5 Å². The van der Waals surface area contributed by atoms with Gasteiger partial charge in [0.05, 0.1) is 18.8 Å². The van der Waals surface area contributed by atoms with Crippen molar-refractivity contribution in [2.75, 3.05) is 36.9 Å². The Balaban J connectivity index is 0.00000253. The lowest BCUT2D eigenvalue weighted by Crippen LogP contribution is -2.31. The van der Waals surface area contributed by atoms with Crippen molar-refractivity contribution in [2.45, 2.75) is 17.6 Å². The lowest BCUT2D eigenvalue weighted by molar-refractivity contribution is -0.122. The van der Waals surface area contributed by atoms with Crippen molar-refractivity contribution in [3.8, 4) is 0 Å². The topological polar surface area (TPSA) is 73.8 Å². The fourth-order valence-electron chi connectivity index (χ4n) is 3.89. The van der Waals surface area contributed by atoms with Gasteiger partial charge in [0.15, 0.2) is 0 Å². The van der Waals surface area contributed by atoms with Crippen LogP contribution in [0.25, 0.3) is 6.08 Å². The highest BCUT2D eigenvalue weighted by atomic mass is 35.5. The average Bonchev–Trinajstić information content (AvgIpc) is 3.05. The fourth-order valence-corrected chi connectivity index (χ4v) is 4.87. The lowest BCUT2D eigenvalue weighted by Gasteiger charge is -2.18. The lowest BCUT2D eigenvalue weighted by atomic mass is 10.1. The Hall–Kier alpha value is -3.26. The maximum atomic E-state index is 12.3. The summed E-state index contributed by atoms with van der Waals surface area (Å²) in [6, 6.07) is 24.5. The summed E-state index contributed by atoms with van der Waals surface area (Å²) >= 11 is 1.75. The van der Waals surface area contributed by atoms with Crippen LogP contribution in [0.4, 0.5) is 11.4 Å². The largest absolute Gasteiger partial charge is 0.372 e. The molecule has 2 amide bonds. The van der Waals surface area contributed by atoms with Crippen molar-refractivity contribution in [1.29, 1.82) is 0 Å². The van der Waals surface area contributed by atoms with Crippen molar-refractivity contribution in [3.05, 3.63) is 95.6 Å². The Labute approximate surface area is 240 Å². The number of carbonyl (C=O) groups is 2. The van der Waals surface area contributed by atoms with Gasteiger partial charge in [-0.25, -0.2) is 0 Å². The molecule has 0 radical (unpaired) electrons. The van der Waals surface area contributed by atoms with Crippen molar-refractivity contribution < 1.29 is 9.59 Å². The molecule has 3 aromatic carbocycles. The molecule has 0 spiro atoms.